The number of esters is 1. The third-order valence-corrected chi connectivity index (χ3v) is 15.0. The van der Waals surface area contributed by atoms with Crippen molar-refractivity contribution in [1.82, 2.24) is 9.80 Å². The Kier molecular flexibility index (Phi) is 9.84. The number of rotatable bonds is 8. The molecule has 0 aromatic carbocycles. The molecular formula is C37H66N2O3. The molecule has 0 amide bonds. The maximum atomic E-state index is 11.9. The highest BCUT2D eigenvalue weighted by atomic mass is 16.5. The number of aliphatic hydroxyl groups excluding tert-OH is 1. The van der Waals surface area contributed by atoms with E-state index in [1.807, 2.05) is 0 Å². The minimum Gasteiger partial charge on any atom is -0.462 e. The van der Waals surface area contributed by atoms with Gasteiger partial charge in [-0.25, -0.2) is 0 Å². The Bertz CT molecular complexity index is 932. The van der Waals surface area contributed by atoms with Crippen LogP contribution in [0.15, 0.2) is 0 Å². The Morgan fingerprint density at radius 2 is 1.55 bits per heavy atom. The molecule has 1 N–H and O–H groups in total. The van der Waals surface area contributed by atoms with E-state index in [0.29, 0.717) is 47.0 Å². The highest BCUT2D eigenvalue weighted by molar-refractivity contribution is 5.66. The molecule has 0 radical (unpaired) electrons. The minimum atomic E-state index is -0.108. The lowest BCUT2D eigenvalue weighted by molar-refractivity contribution is -0.210. The molecule has 1 aliphatic heterocycles. The number of nitrogens with zero attached hydrogens (tertiary/aromatic N) is 2. The number of hydrogen-bond donors (Lipinski definition) is 1. The fraction of sp³-hybridized carbons (Fsp3) is 0.973. The summed E-state index contributed by atoms with van der Waals surface area (Å²) in [5.41, 5.74) is 1.03. The summed E-state index contributed by atoms with van der Waals surface area (Å²) in [6, 6.07) is 0. The van der Waals surface area contributed by atoms with Gasteiger partial charge in [-0.3, -0.25) is 4.79 Å². The highest BCUT2D eigenvalue weighted by Gasteiger charge is 2.64. The number of fused-ring (bicyclic) bond motifs is 5. The Hall–Kier alpha value is -0.650. The summed E-state index contributed by atoms with van der Waals surface area (Å²) < 4.78 is 5.86. The van der Waals surface area contributed by atoms with Crippen molar-refractivity contribution in [2.75, 3.05) is 46.4 Å². The molecular weight excluding hydrogens is 520 g/mol. The number of carbonyl (C=O) groups is 1. The topological polar surface area (TPSA) is 53.0 Å². The van der Waals surface area contributed by atoms with Gasteiger partial charge in [0.25, 0.3) is 0 Å². The van der Waals surface area contributed by atoms with E-state index in [-0.39, 0.29) is 17.5 Å². The van der Waals surface area contributed by atoms with Crippen molar-refractivity contribution >= 4 is 5.97 Å². The van der Waals surface area contributed by atoms with Crippen molar-refractivity contribution in [1.29, 1.82) is 0 Å². The van der Waals surface area contributed by atoms with E-state index in [1.165, 1.54) is 84.1 Å². The van der Waals surface area contributed by atoms with Gasteiger partial charge in [-0.1, -0.05) is 41.5 Å². The van der Waals surface area contributed by atoms with Crippen molar-refractivity contribution in [3.05, 3.63) is 0 Å². The van der Waals surface area contributed by atoms with E-state index in [9.17, 15) is 9.90 Å². The van der Waals surface area contributed by atoms with Gasteiger partial charge in [0.2, 0.25) is 0 Å². The first-order chi connectivity index (χ1) is 19.9. The predicted octanol–water partition coefficient (Wildman–Crippen LogP) is 7.12. The zero-order chi connectivity index (χ0) is 30.4. The third kappa shape index (κ3) is 5.75. The molecule has 4 saturated carbocycles. The summed E-state index contributed by atoms with van der Waals surface area (Å²) in [6.07, 6.45) is 12.6. The van der Waals surface area contributed by atoms with E-state index < -0.39 is 0 Å². The van der Waals surface area contributed by atoms with Crippen LogP contribution in [0.25, 0.3) is 0 Å². The van der Waals surface area contributed by atoms with E-state index in [4.69, 9.17) is 4.74 Å². The summed E-state index contributed by atoms with van der Waals surface area (Å²) in [6.45, 7) is 23.1. The van der Waals surface area contributed by atoms with Gasteiger partial charge in [-0.15, -0.1) is 0 Å². The van der Waals surface area contributed by atoms with E-state index >= 15 is 0 Å². The van der Waals surface area contributed by atoms with Crippen LogP contribution in [0, 0.1) is 63.6 Å². The first-order valence-electron chi connectivity index (χ1n) is 18.1. The van der Waals surface area contributed by atoms with Gasteiger partial charge in [-0.05, 0) is 141 Å². The molecule has 0 spiro atoms. The van der Waals surface area contributed by atoms with Crippen LogP contribution < -0.4 is 0 Å². The van der Waals surface area contributed by atoms with Gasteiger partial charge in [0.15, 0.2) is 0 Å². The molecule has 4 aliphatic carbocycles. The summed E-state index contributed by atoms with van der Waals surface area (Å²) in [4.78, 5) is 17.1. The van der Waals surface area contributed by atoms with Crippen LogP contribution in [0.3, 0.4) is 0 Å². The van der Waals surface area contributed by atoms with Crippen LogP contribution in [-0.4, -0.2) is 73.4 Å². The normalized spacial score (nSPS) is 45.5. The Morgan fingerprint density at radius 3 is 2.19 bits per heavy atom. The molecule has 11 atom stereocenters. The van der Waals surface area contributed by atoms with Gasteiger partial charge in [0, 0.05) is 39.7 Å². The van der Waals surface area contributed by atoms with Gasteiger partial charge < -0.3 is 19.6 Å². The van der Waals surface area contributed by atoms with Crippen molar-refractivity contribution in [2.24, 2.45) is 63.6 Å². The van der Waals surface area contributed by atoms with Gasteiger partial charge >= 0.3 is 5.97 Å². The SMILES string of the molecule is CC(=O)OC1CCC2(C)C(CCC3(C)C4CCC(CCO)(CCN5CCN(C)CC5)C(C(C)C(C)C)C4CCC23)C1C. The summed E-state index contributed by atoms with van der Waals surface area (Å²) in [5.74, 6) is 5.44. The predicted molar refractivity (Wildman–Crippen MR) is 172 cm³/mol. The van der Waals surface area contributed by atoms with Gasteiger partial charge in [0.1, 0.15) is 6.10 Å². The van der Waals surface area contributed by atoms with Crippen molar-refractivity contribution in [3.63, 3.8) is 0 Å². The van der Waals surface area contributed by atoms with Gasteiger partial charge in [-0.2, -0.15) is 0 Å². The quantitative estimate of drug-likeness (QED) is 0.307. The standard InChI is InChI=1S/C37H66N2O3/c1-25(2)26(3)34-29-9-10-33-35(6)15-13-32(42-28(5)41)27(4)30(35)11-14-36(33,7)31(29)12-16-37(34,18-24-40)17-19-39-22-20-38(8)21-23-39/h25-27,29-34,40H,9-24H2,1-8H3. The monoisotopic (exact) mass is 587 g/mol. The molecule has 0 bridgehead atoms. The van der Waals surface area contributed by atoms with E-state index in [0.717, 1.165) is 30.6 Å². The summed E-state index contributed by atoms with van der Waals surface area (Å²) >= 11 is 0. The Labute approximate surface area is 258 Å². The zero-order valence-corrected chi connectivity index (χ0v) is 28.7. The molecule has 42 heavy (non-hydrogen) atoms. The average Bonchev–Trinajstić information content (AvgIpc) is 2.93. The molecule has 1 heterocycles. The fourth-order valence-electron chi connectivity index (χ4n) is 12.5. The number of likely N-dealkylation sites (N-methyl/N-ethyl adjacent to an activating group) is 1. The molecule has 0 aromatic rings. The second-order valence-electron chi connectivity index (χ2n) is 17.0. The Morgan fingerprint density at radius 1 is 0.905 bits per heavy atom. The molecule has 0 aromatic heterocycles. The molecule has 1 saturated heterocycles. The highest BCUT2D eigenvalue weighted by Crippen LogP contribution is 2.71. The molecule has 242 valence electrons. The van der Waals surface area contributed by atoms with Crippen molar-refractivity contribution in [3.8, 4) is 0 Å². The average molecular weight is 587 g/mol. The van der Waals surface area contributed by atoms with Crippen LogP contribution in [0.5, 0.6) is 0 Å². The molecule has 5 heteroatoms. The maximum Gasteiger partial charge on any atom is 0.302 e. The number of carbonyl (C=O) groups excluding carboxylic acids is 1. The molecule has 5 fully saturated rings. The number of piperazine rings is 1. The van der Waals surface area contributed by atoms with Crippen molar-refractivity contribution in [2.45, 2.75) is 119 Å². The minimum absolute atomic E-state index is 0.103. The van der Waals surface area contributed by atoms with Crippen molar-refractivity contribution < 1.29 is 14.6 Å². The van der Waals surface area contributed by atoms with Gasteiger partial charge in [0.05, 0.1) is 0 Å². The summed E-state index contributed by atoms with van der Waals surface area (Å²) in [5, 5.41) is 10.5. The number of hydrogen-bond acceptors (Lipinski definition) is 5. The van der Waals surface area contributed by atoms with Crippen LogP contribution >= 0.6 is 0 Å². The Balaban J connectivity index is 1.40. The van der Waals surface area contributed by atoms with Crippen LogP contribution in [0.2, 0.25) is 0 Å². The molecule has 5 aliphatic rings. The second kappa shape index (κ2) is 12.6. The van der Waals surface area contributed by atoms with Crippen LogP contribution in [0.1, 0.15) is 113 Å². The van der Waals surface area contributed by atoms with E-state index in [1.54, 1.807) is 6.92 Å². The summed E-state index contributed by atoms with van der Waals surface area (Å²) in [7, 11) is 2.25. The maximum absolute atomic E-state index is 11.9. The molecule has 11 unspecified atom stereocenters. The largest absolute Gasteiger partial charge is 0.462 e. The number of aliphatic hydroxyl groups is 1. The fourth-order valence-corrected chi connectivity index (χ4v) is 12.5. The number of ether oxygens (including phenoxy) is 1. The lowest BCUT2D eigenvalue weighted by Gasteiger charge is -2.69. The lowest BCUT2D eigenvalue weighted by atomic mass is 9.36. The lowest BCUT2D eigenvalue weighted by Crippen LogP contribution is -2.62. The third-order valence-electron chi connectivity index (χ3n) is 15.0. The second-order valence-corrected chi connectivity index (χ2v) is 17.0. The van der Waals surface area contributed by atoms with Crippen LogP contribution in [-0.2, 0) is 9.53 Å². The smallest absolute Gasteiger partial charge is 0.302 e. The van der Waals surface area contributed by atoms with Crippen LogP contribution in [0.4, 0.5) is 0 Å². The molecule has 5 nitrogen and oxygen atoms in total. The first-order valence-corrected chi connectivity index (χ1v) is 18.1. The zero-order valence-electron chi connectivity index (χ0n) is 28.7. The first kappa shape index (κ1) is 32.7. The van der Waals surface area contributed by atoms with E-state index in [2.05, 4.69) is 58.4 Å². The molecule has 5 rings (SSSR count).